The highest BCUT2D eigenvalue weighted by Gasteiger charge is 2.41. The normalized spacial score (nSPS) is 17.7. The van der Waals surface area contributed by atoms with Crippen molar-refractivity contribution in [1.29, 1.82) is 0 Å². The quantitative estimate of drug-likeness (QED) is 0.198. The van der Waals surface area contributed by atoms with Crippen molar-refractivity contribution in [2.45, 2.75) is 32.4 Å². The maximum atomic E-state index is 14.0. The summed E-state index contributed by atoms with van der Waals surface area (Å²) in [7, 11) is -1.38. The summed E-state index contributed by atoms with van der Waals surface area (Å²) in [5.74, 6) is -0.504. The number of hydrogen-bond donors (Lipinski definition) is 1. The number of carbonyl (C=O) groups is 1. The average molecular weight is 632 g/mol. The minimum absolute atomic E-state index is 0.0401. The Balaban J connectivity index is 1.80. The van der Waals surface area contributed by atoms with E-state index in [1.54, 1.807) is 44.2 Å². The first-order valence-corrected chi connectivity index (χ1v) is 15.1. The van der Waals surface area contributed by atoms with Crippen LogP contribution in [0.3, 0.4) is 0 Å². The zero-order chi connectivity index (χ0) is 32.0. The van der Waals surface area contributed by atoms with Gasteiger partial charge in [0, 0.05) is 13.1 Å². The van der Waals surface area contributed by atoms with E-state index in [2.05, 4.69) is 31.6 Å². The van der Waals surface area contributed by atoms with Crippen LogP contribution in [0.5, 0.6) is 11.5 Å². The van der Waals surface area contributed by atoms with Crippen molar-refractivity contribution in [1.82, 2.24) is 19.7 Å². The molecule has 1 N–H and O–H groups in total. The van der Waals surface area contributed by atoms with Crippen LogP contribution >= 0.6 is 0 Å². The van der Waals surface area contributed by atoms with Gasteiger partial charge in [0.05, 0.1) is 38.2 Å². The van der Waals surface area contributed by atoms with E-state index in [1.807, 2.05) is 0 Å². The molecule has 3 heterocycles. The molecule has 44 heavy (non-hydrogen) atoms. The summed E-state index contributed by atoms with van der Waals surface area (Å²) in [6.45, 7) is 8.09. The van der Waals surface area contributed by atoms with Crippen LogP contribution in [0.2, 0.25) is 0 Å². The lowest BCUT2D eigenvalue weighted by Gasteiger charge is -2.36. The number of sulfonamides is 1. The monoisotopic (exact) mass is 631 g/mol. The van der Waals surface area contributed by atoms with Gasteiger partial charge in [0.25, 0.3) is 0 Å². The molecule has 2 aromatic heterocycles. The summed E-state index contributed by atoms with van der Waals surface area (Å²) in [5.41, 5.74) is 0.317. The Kier molecular flexibility index (Phi) is 10.0. The van der Waals surface area contributed by atoms with E-state index in [0.29, 0.717) is 28.7 Å². The third-order valence-electron chi connectivity index (χ3n) is 6.74. The van der Waals surface area contributed by atoms with Crippen molar-refractivity contribution in [2.24, 2.45) is 15.9 Å². The molecule has 1 saturated heterocycles. The number of hydrogen-bond acceptors (Lipinski definition) is 10. The number of methoxy groups -OCH3 is 2. The maximum Gasteiger partial charge on any atom is 0.310 e. The largest absolute Gasteiger partial charge is 0.494 e. The fraction of sp³-hybridized carbons (Fsp3) is 0.393. The van der Waals surface area contributed by atoms with Crippen molar-refractivity contribution in [3.63, 3.8) is 0 Å². The Bertz CT molecular complexity index is 1660. The second kappa shape index (κ2) is 13.7. The third-order valence-corrected chi connectivity index (χ3v) is 8.42. The number of anilines is 1. The molecule has 1 aliphatic heterocycles. The number of aromatic nitrogens is 3. The number of likely N-dealkylation sites (tertiary alicyclic amines) is 1. The van der Waals surface area contributed by atoms with Gasteiger partial charge in [-0.25, -0.2) is 22.8 Å². The Morgan fingerprint density at radius 3 is 2.48 bits per heavy atom. The molecule has 3 aromatic rings. The number of benzene rings is 1. The van der Waals surface area contributed by atoms with Gasteiger partial charge in [0.1, 0.15) is 28.8 Å². The number of aryl methyl sites for hydroxylation is 1. The SMILES string of the molecule is C=N/C(=N\C=C(/C)F)N1C[C@H](C(=O)OCC)C[C@H](S(=O)(=O)Nc2nnc(-c3ccc(C)o3)n2-c2c(OC)cccc2OC)C1. The minimum Gasteiger partial charge on any atom is -0.494 e. The molecule has 0 bridgehead atoms. The van der Waals surface area contributed by atoms with Crippen molar-refractivity contribution < 1.29 is 36.2 Å². The standard InChI is InChI=1S/C28H34FN7O7S/c1-7-42-26(37)19-13-20(16-35(15-19)27(30-4)31-14-17(2)29)44(38,39)34-28-33-32-25(23-12-11-18(3)43-23)36(28)24-21(40-5)9-8-10-22(24)41-6/h8-12,14,19-20H,4,7,13,15-16H2,1-3,5-6H3,(H,33,34)/b17-14+,31-27+/t19-,20+/m1/s1. The van der Waals surface area contributed by atoms with Crippen molar-refractivity contribution >= 4 is 34.6 Å². The number of furan rings is 1. The number of carbonyl (C=O) groups excluding carboxylic acids is 1. The summed E-state index contributed by atoms with van der Waals surface area (Å²) in [4.78, 5) is 22.1. The van der Waals surface area contributed by atoms with Gasteiger partial charge in [-0.2, -0.15) is 0 Å². The molecule has 16 heteroatoms. The molecule has 0 aliphatic carbocycles. The third kappa shape index (κ3) is 6.90. The second-order valence-corrected chi connectivity index (χ2v) is 11.7. The van der Waals surface area contributed by atoms with Crippen LogP contribution < -0.4 is 14.2 Å². The number of aliphatic imine (C=N–C) groups is 2. The van der Waals surface area contributed by atoms with Crippen LogP contribution in [0.15, 0.2) is 56.8 Å². The van der Waals surface area contributed by atoms with E-state index in [4.69, 9.17) is 18.6 Å². The molecule has 1 fully saturated rings. The molecule has 0 radical (unpaired) electrons. The molecule has 1 aromatic carbocycles. The van der Waals surface area contributed by atoms with E-state index < -0.39 is 33.0 Å². The zero-order valence-corrected chi connectivity index (χ0v) is 25.8. The predicted molar refractivity (Wildman–Crippen MR) is 161 cm³/mol. The lowest BCUT2D eigenvalue weighted by Crippen LogP contribution is -2.51. The van der Waals surface area contributed by atoms with E-state index in [-0.39, 0.29) is 43.8 Å². The number of nitrogens with zero attached hydrogens (tertiary/aromatic N) is 6. The Labute approximate surface area is 254 Å². The highest BCUT2D eigenvalue weighted by molar-refractivity contribution is 7.93. The van der Waals surface area contributed by atoms with E-state index in [0.717, 1.165) is 6.20 Å². The number of ether oxygens (including phenoxy) is 3. The fourth-order valence-electron chi connectivity index (χ4n) is 4.78. The number of nitrogens with one attached hydrogen (secondary N) is 1. The first-order valence-electron chi connectivity index (χ1n) is 13.6. The lowest BCUT2D eigenvalue weighted by atomic mass is 9.98. The van der Waals surface area contributed by atoms with E-state index >= 15 is 0 Å². The fourth-order valence-corrected chi connectivity index (χ4v) is 6.20. The van der Waals surface area contributed by atoms with E-state index in [1.165, 1.54) is 30.6 Å². The van der Waals surface area contributed by atoms with Crippen LogP contribution in [0.25, 0.3) is 17.3 Å². The first kappa shape index (κ1) is 32.2. The van der Waals surface area contributed by atoms with Gasteiger partial charge < -0.3 is 23.5 Å². The molecule has 0 amide bonds. The summed E-state index contributed by atoms with van der Waals surface area (Å²) < 4.78 is 67.6. The van der Waals surface area contributed by atoms with E-state index in [9.17, 15) is 17.6 Å². The van der Waals surface area contributed by atoms with Gasteiger partial charge in [0.15, 0.2) is 5.76 Å². The van der Waals surface area contributed by atoms with Crippen LogP contribution in [0, 0.1) is 12.8 Å². The maximum absolute atomic E-state index is 14.0. The number of guanidine groups is 1. The summed E-state index contributed by atoms with van der Waals surface area (Å²) in [6, 6.07) is 8.47. The molecule has 236 valence electrons. The number of allylic oxidation sites excluding steroid dienone is 1. The number of esters is 1. The summed E-state index contributed by atoms with van der Waals surface area (Å²) in [6.07, 6.45) is 0.851. The van der Waals surface area contributed by atoms with Gasteiger partial charge in [0.2, 0.25) is 27.8 Å². The van der Waals surface area contributed by atoms with Crippen LogP contribution in [0.1, 0.15) is 26.0 Å². The summed E-state index contributed by atoms with van der Waals surface area (Å²) >= 11 is 0. The Morgan fingerprint density at radius 1 is 1.20 bits per heavy atom. The molecular weight excluding hydrogens is 597 g/mol. The second-order valence-electron chi connectivity index (χ2n) is 9.77. The Morgan fingerprint density at radius 2 is 1.91 bits per heavy atom. The van der Waals surface area contributed by atoms with Crippen molar-refractivity contribution in [3.8, 4) is 28.8 Å². The van der Waals surface area contributed by atoms with Crippen molar-refractivity contribution in [2.75, 3.05) is 38.6 Å². The Hall–Kier alpha value is -4.73. The number of para-hydroxylation sites is 1. The van der Waals surface area contributed by atoms with Gasteiger partial charge in [-0.05, 0) is 58.2 Å². The summed E-state index contributed by atoms with van der Waals surface area (Å²) in [5, 5.41) is 7.20. The smallest absolute Gasteiger partial charge is 0.310 e. The molecular formula is C28H34FN7O7S. The first-order chi connectivity index (χ1) is 21.0. The topological polar surface area (TPSA) is 163 Å². The number of piperidine rings is 1. The molecule has 1 aliphatic rings. The molecule has 0 spiro atoms. The molecule has 0 unspecified atom stereocenters. The van der Waals surface area contributed by atoms with Crippen LogP contribution in [-0.4, -0.2) is 85.9 Å². The van der Waals surface area contributed by atoms with Gasteiger partial charge in [-0.3, -0.25) is 14.1 Å². The van der Waals surface area contributed by atoms with Gasteiger partial charge in [-0.1, -0.05) is 6.07 Å². The number of rotatable bonds is 10. The van der Waals surface area contributed by atoms with Gasteiger partial charge in [-0.15, -0.1) is 10.2 Å². The van der Waals surface area contributed by atoms with Crippen LogP contribution in [-0.2, 0) is 19.6 Å². The molecule has 0 saturated carbocycles. The molecule has 4 rings (SSSR count). The molecule has 14 nitrogen and oxygen atoms in total. The number of halogens is 1. The average Bonchev–Trinajstić information content (AvgIpc) is 3.62. The lowest BCUT2D eigenvalue weighted by molar-refractivity contribution is -0.149. The van der Waals surface area contributed by atoms with Gasteiger partial charge >= 0.3 is 5.97 Å². The highest BCUT2D eigenvalue weighted by atomic mass is 32.2. The predicted octanol–water partition coefficient (Wildman–Crippen LogP) is 3.74. The minimum atomic E-state index is -4.30. The zero-order valence-electron chi connectivity index (χ0n) is 25.0. The van der Waals surface area contributed by atoms with Crippen molar-refractivity contribution in [3.05, 3.63) is 48.1 Å². The highest BCUT2D eigenvalue weighted by Crippen LogP contribution is 2.38. The molecule has 2 atom stereocenters. The van der Waals surface area contributed by atoms with Crippen LogP contribution in [0.4, 0.5) is 10.3 Å².